The molecule has 0 aromatic heterocycles. The highest BCUT2D eigenvalue weighted by Crippen LogP contribution is 2.63. The predicted molar refractivity (Wildman–Crippen MR) is 364 cm³/mol. The van der Waals surface area contributed by atoms with Crippen LogP contribution in [-0.4, -0.2) is 107 Å². The van der Waals surface area contributed by atoms with Gasteiger partial charge in [-0.1, -0.05) is 121 Å². The molecule has 0 radical (unpaired) electrons. The highest BCUT2D eigenvalue weighted by atomic mass is 17.1. The van der Waals surface area contributed by atoms with Gasteiger partial charge in [-0.3, -0.25) is 30.2 Å². The van der Waals surface area contributed by atoms with Crippen molar-refractivity contribution in [3.63, 3.8) is 0 Å². The Morgan fingerprint density at radius 2 is 0.892 bits per heavy atom. The number of hydrogen-bond donors (Lipinski definition) is 6. The number of fused-ring (bicyclic) bond motifs is 5. The molecule has 0 amide bonds. The van der Waals surface area contributed by atoms with E-state index in [0.29, 0.717) is 115 Å². The van der Waals surface area contributed by atoms with E-state index >= 15 is 0 Å². The van der Waals surface area contributed by atoms with E-state index in [0.717, 1.165) is 112 Å². The van der Waals surface area contributed by atoms with E-state index in [2.05, 4.69) is 97.7 Å². The van der Waals surface area contributed by atoms with Crippen molar-refractivity contribution < 1.29 is 74.3 Å². The second kappa shape index (κ2) is 38.0. The molecular weight excluding hydrogens is 1180 g/mol. The number of hydrogen-bond acceptors (Lipinski definition) is 15. The van der Waals surface area contributed by atoms with E-state index < -0.39 is 0 Å². The van der Waals surface area contributed by atoms with Crippen LogP contribution in [0.4, 0.5) is 0 Å². The second-order valence-electron chi connectivity index (χ2n) is 33.8. The van der Waals surface area contributed by atoms with Gasteiger partial charge in [-0.05, 0) is 265 Å². The van der Waals surface area contributed by atoms with Crippen LogP contribution in [0.25, 0.3) is 0 Å². The normalized spacial score (nSPS) is 42.9. The molecule has 0 saturated heterocycles. The smallest absolute Gasteiger partial charge is 0.310 e. The van der Waals surface area contributed by atoms with Crippen molar-refractivity contribution in [3.8, 4) is 0 Å². The highest BCUT2D eigenvalue weighted by molar-refractivity contribution is 5.75. The van der Waals surface area contributed by atoms with Crippen molar-refractivity contribution in [1.29, 1.82) is 0 Å². The summed E-state index contributed by atoms with van der Waals surface area (Å²) >= 11 is 0. The number of aliphatic hydroxyl groups is 3. The van der Waals surface area contributed by atoms with Crippen molar-refractivity contribution in [2.45, 2.75) is 256 Å². The number of aliphatic hydroxyl groups excluding tert-OH is 3. The summed E-state index contributed by atoms with van der Waals surface area (Å²) in [6.07, 6.45) is 31.0. The molecule has 6 bridgehead atoms. The maximum Gasteiger partial charge on any atom is 0.310 e. The molecule has 0 aliphatic heterocycles. The largest absolute Gasteiger partial charge is 0.465 e. The van der Waals surface area contributed by atoms with E-state index in [4.69, 9.17) is 40.2 Å². The first-order valence-electron chi connectivity index (χ1n) is 38.9. The van der Waals surface area contributed by atoms with Gasteiger partial charge in [0.25, 0.3) is 0 Å². The number of carbonyl (C=O) groups excluding carboxylic acids is 3. The summed E-state index contributed by atoms with van der Waals surface area (Å²) in [7, 11) is 0. The van der Waals surface area contributed by atoms with Gasteiger partial charge in [0.15, 0.2) is 0 Å². The molecule has 6 N–H and O–H groups in total. The molecule has 15 nitrogen and oxygen atoms in total. The molecule has 0 heterocycles. The first kappa shape index (κ1) is 78.4. The third kappa shape index (κ3) is 19.7. The summed E-state index contributed by atoms with van der Waals surface area (Å²) < 4.78 is 17.4. The van der Waals surface area contributed by atoms with Gasteiger partial charge in [0, 0.05) is 25.0 Å². The fourth-order valence-corrected chi connectivity index (χ4v) is 23.3. The Morgan fingerprint density at radius 1 is 0.419 bits per heavy atom. The van der Waals surface area contributed by atoms with Crippen molar-refractivity contribution in [1.82, 2.24) is 0 Å². The summed E-state index contributed by atoms with van der Waals surface area (Å²) in [5.41, 5.74) is -0.266. The summed E-state index contributed by atoms with van der Waals surface area (Å²) in [5.74, 6) is 14.4. The Kier molecular flexibility index (Phi) is 32.0. The zero-order chi connectivity index (χ0) is 67.7. The zero-order valence-electron chi connectivity index (χ0n) is 60.6. The standard InChI is InChI=1S/C23H38O5.C22H36O4.C12H22O3.C11H22O2.C10H20O/c1-3-4-15-5-13(2)21(12-28-26)22(15)23(25)27-11-17-8-16-9-19(17)20-7-14(10-24)6-18(16)20;1-4-5-16-6-13(2)19(12-25-24)20(16)21(23)26-22(3)17-8-14-7-15(10-17)11-18(22)9-14;1-3-4-10-7-9(2)8-11(10)12(14)15-6-5-13;1-4-5-10-6-8(2)11(7-13-12)9(10)3;1-3-4-9-5-8(2)6-10(9)7-11/h13-22,24,26H,3-12H2,1-2H3;13-20,24H,4-12H2,1-3H3;9-11,13H,3-8H2,1-2H3;8-12H,4-7H2,1-3H3;8-11H,3-7H2,1-2H3. The van der Waals surface area contributed by atoms with Crippen LogP contribution in [0, 0.1) is 166 Å². The maximum absolute atomic E-state index is 13.4. The lowest BCUT2D eigenvalue weighted by molar-refractivity contribution is -0.257. The van der Waals surface area contributed by atoms with Crippen molar-refractivity contribution >= 4 is 17.9 Å². The van der Waals surface area contributed by atoms with Crippen LogP contribution in [0.3, 0.4) is 0 Å². The van der Waals surface area contributed by atoms with Crippen LogP contribution in [0.2, 0.25) is 0 Å². The van der Waals surface area contributed by atoms with Crippen molar-refractivity contribution in [2.24, 2.45) is 166 Å². The van der Waals surface area contributed by atoms with Gasteiger partial charge >= 0.3 is 17.9 Å². The molecule has 93 heavy (non-hydrogen) atoms. The van der Waals surface area contributed by atoms with Crippen LogP contribution in [0.15, 0.2) is 0 Å². The van der Waals surface area contributed by atoms with Crippen LogP contribution in [0.5, 0.6) is 0 Å². The fraction of sp³-hybridized carbons (Fsp3) is 0.962. The molecule has 0 spiro atoms. The summed E-state index contributed by atoms with van der Waals surface area (Å²) in [4.78, 5) is 51.4. The molecule has 0 aromatic carbocycles. The lowest BCUT2D eigenvalue weighted by atomic mass is 9.50. The van der Waals surface area contributed by atoms with Crippen LogP contribution < -0.4 is 0 Å². The van der Waals surface area contributed by atoms with Crippen LogP contribution in [-0.2, 0) is 43.3 Å². The van der Waals surface area contributed by atoms with E-state index in [-0.39, 0.29) is 79.5 Å². The SMILES string of the molecule is CCCC1CC(C)C(COO)C1C.CCCC1CC(C)C(COO)C1C(=O)OC1(C)C2CC3CC(C2)CC1C3.CCCC1CC(C)C(COO)C1C(=O)OCC1CC2CC1C1CC(CO)CC21.CCCC1CC(C)CC1C(=O)OCCO.CCCC1CC(C)CC1CO. The lowest BCUT2D eigenvalue weighted by Gasteiger charge is -2.59. The van der Waals surface area contributed by atoms with E-state index in [9.17, 15) is 19.5 Å². The third-order valence-electron chi connectivity index (χ3n) is 27.6. The van der Waals surface area contributed by atoms with E-state index in [1.807, 2.05) is 0 Å². The van der Waals surface area contributed by atoms with E-state index in [1.54, 1.807) is 0 Å². The molecular formula is C78H138O15. The minimum Gasteiger partial charge on any atom is -0.465 e. The Bertz CT molecular complexity index is 2150. The van der Waals surface area contributed by atoms with E-state index in [1.165, 1.54) is 103 Å². The topological polar surface area (TPSA) is 228 Å². The molecule has 0 aromatic rings. The minimum absolute atomic E-state index is 0.00942. The molecule has 12 aliphatic rings. The van der Waals surface area contributed by atoms with Crippen molar-refractivity contribution in [3.05, 3.63) is 0 Å². The number of carbonyl (C=O) groups is 3. The average Bonchev–Trinajstić information content (AvgIpc) is 1.37. The third-order valence-corrected chi connectivity index (χ3v) is 27.6. The molecule has 12 fully saturated rings. The Hall–Kier alpha value is -1.95. The number of esters is 3. The fourth-order valence-electron chi connectivity index (χ4n) is 23.3. The molecule has 12 rings (SSSR count). The summed E-state index contributed by atoms with van der Waals surface area (Å²) in [6, 6.07) is 0. The molecule has 540 valence electrons. The van der Waals surface area contributed by atoms with Gasteiger partial charge in [0.2, 0.25) is 0 Å². The Labute approximate surface area is 564 Å². The monoisotopic (exact) mass is 1320 g/mol. The Morgan fingerprint density at radius 3 is 1.43 bits per heavy atom. The van der Waals surface area contributed by atoms with Crippen molar-refractivity contribution in [2.75, 3.05) is 52.9 Å². The number of ether oxygens (including phenoxy) is 3. The van der Waals surface area contributed by atoms with Gasteiger partial charge in [-0.25, -0.2) is 14.7 Å². The number of rotatable bonds is 26. The first-order valence-corrected chi connectivity index (χ1v) is 38.9. The first-order chi connectivity index (χ1) is 44.7. The molecule has 12 aliphatic carbocycles. The van der Waals surface area contributed by atoms with Crippen LogP contribution >= 0.6 is 0 Å². The minimum atomic E-state index is -0.266. The molecule has 12 saturated carbocycles. The highest BCUT2D eigenvalue weighted by Gasteiger charge is 2.59. The second-order valence-corrected chi connectivity index (χ2v) is 33.8. The quantitative estimate of drug-likeness (QED) is 0.0205. The molecule has 15 heteroatoms. The van der Waals surface area contributed by atoms with Gasteiger partial charge in [0.1, 0.15) is 12.2 Å². The lowest BCUT2D eigenvalue weighted by Crippen LogP contribution is -2.58. The predicted octanol–water partition coefficient (Wildman–Crippen LogP) is 16.5. The maximum atomic E-state index is 13.4. The summed E-state index contributed by atoms with van der Waals surface area (Å²) in [5, 5.41) is 53.7. The molecule has 24 atom stereocenters. The average molecular weight is 1320 g/mol. The Balaban J connectivity index is 0.000000173. The van der Waals surface area contributed by atoms with Gasteiger partial charge in [0.05, 0.1) is 50.8 Å². The van der Waals surface area contributed by atoms with Gasteiger partial charge in [-0.2, -0.15) is 0 Å². The zero-order valence-corrected chi connectivity index (χ0v) is 60.6. The summed E-state index contributed by atoms with van der Waals surface area (Å²) in [6.45, 7) is 29.0. The van der Waals surface area contributed by atoms with Gasteiger partial charge < -0.3 is 29.5 Å². The van der Waals surface area contributed by atoms with Crippen LogP contribution in [0.1, 0.15) is 250 Å². The van der Waals surface area contributed by atoms with Gasteiger partial charge in [-0.15, -0.1) is 0 Å². The molecule has 24 unspecified atom stereocenters.